The minimum atomic E-state index is -1.26. The van der Waals surface area contributed by atoms with Crippen LogP contribution in [0.2, 0.25) is 0 Å². The molecule has 0 amide bonds. The molecule has 0 spiro atoms. The van der Waals surface area contributed by atoms with E-state index in [1.807, 2.05) is 0 Å². The molecule has 0 aromatic carbocycles. The first-order valence-corrected chi connectivity index (χ1v) is 4.80. The van der Waals surface area contributed by atoms with Crippen molar-refractivity contribution in [1.82, 2.24) is 0 Å². The summed E-state index contributed by atoms with van der Waals surface area (Å²) in [5, 5.41) is 0. The van der Waals surface area contributed by atoms with Crippen LogP contribution < -0.4 is 0 Å². The molecule has 0 aromatic rings. The smallest absolute Gasteiger partial charge is 0.323 e. The maximum atomic E-state index is 11.6. The standard InChI is InChI=1S/C10H16O6/c1-13-7(14-2)6-5-10(6,8(11)15-3)9(12)16-4/h6-7H,5H2,1-4H3. The topological polar surface area (TPSA) is 71.1 Å². The van der Waals surface area contributed by atoms with Gasteiger partial charge in [-0.3, -0.25) is 9.59 Å². The van der Waals surface area contributed by atoms with Crippen molar-refractivity contribution in [2.45, 2.75) is 12.7 Å². The zero-order valence-electron chi connectivity index (χ0n) is 9.81. The summed E-state index contributed by atoms with van der Waals surface area (Å²) in [5.74, 6) is -1.57. The number of carbonyl (C=O) groups is 2. The second kappa shape index (κ2) is 4.80. The lowest BCUT2D eigenvalue weighted by atomic mass is 10.0. The highest BCUT2D eigenvalue weighted by Gasteiger charge is 2.71. The molecule has 6 heteroatoms. The van der Waals surface area contributed by atoms with Crippen molar-refractivity contribution in [2.24, 2.45) is 11.3 Å². The van der Waals surface area contributed by atoms with Crippen LogP contribution in [0.3, 0.4) is 0 Å². The molecular formula is C10H16O6. The second-order valence-corrected chi connectivity index (χ2v) is 3.60. The Morgan fingerprint density at radius 2 is 1.50 bits per heavy atom. The van der Waals surface area contributed by atoms with Crippen LogP contribution >= 0.6 is 0 Å². The van der Waals surface area contributed by atoms with Crippen molar-refractivity contribution >= 4 is 11.9 Å². The van der Waals surface area contributed by atoms with Crippen LogP contribution in [0.15, 0.2) is 0 Å². The molecule has 0 aromatic heterocycles. The molecule has 0 saturated heterocycles. The third-order valence-electron chi connectivity index (χ3n) is 2.91. The molecule has 92 valence electrons. The van der Waals surface area contributed by atoms with Gasteiger partial charge in [0, 0.05) is 20.1 Å². The van der Waals surface area contributed by atoms with E-state index in [9.17, 15) is 9.59 Å². The minimum absolute atomic E-state index is 0.318. The number of carbonyl (C=O) groups excluding carboxylic acids is 2. The average molecular weight is 232 g/mol. The summed E-state index contributed by atoms with van der Waals surface area (Å²) in [4.78, 5) is 23.2. The van der Waals surface area contributed by atoms with Gasteiger partial charge in [-0.25, -0.2) is 0 Å². The van der Waals surface area contributed by atoms with Gasteiger partial charge < -0.3 is 18.9 Å². The Hall–Kier alpha value is -1.14. The first kappa shape index (κ1) is 12.9. The predicted molar refractivity (Wildman–Crippen MR) is 52.4 cm³/mol. The van der Waals surface area contributed by atoms with Crippen LogP contribution in [0, 0.1) is 11.3 Å². The van der Waals surface area contributed by atoms with E-state index in [0.717, 1.165) is 0 Å². The number of rotatable bonds is 5. The number of hydrogen-bond acceptors (Lipinski definition) is 6. The van der Waals surface area contributed by atoms with Gasteiger partial charge in [0.25, 0.3) is 0 Å². The van der Waals surface area contributed by atoms with Gasteiger partial charge in [-0.2, -0.15) is 0 Å². The Balaban J connectivity index is 2.87. The van der Waals surface area contributed by atoms with Crippen molar-refractivity contribution in [1.29, 1.82) is 0 Å². The van der Waals surface area contributed by atoms with Crippen molar-refractivity contribution in [3.8, 4) is 0 Å². The van der Waals surface area contributed by atoms with Crippen LogP contribution in [-0.2, 0) is 28.5 Å². The summed E-state index contributed by atoms with van der Waals surface area (Å²) in [5.41, 5.74) is -1.26. The first-order chi connectivity index (χ1) is 7.58. The predicted octanol–water partition coefficient (Wildman–Crippen LogP) is -0.0424. The van der Waals surface area contributed by atoms with Gasteiger partial charge in [0.05, 0.1) is 14.2 Å². The number of hydrogen-bond donors (Lipinski definition) is 0. The second-order valence-electron chi connectivity index (χ2n) is 3.60. The summed E-state index contributed by atoms with van der Waals surface area (Å²) in [6.45, 7) is 0. The molecule has 1 saturated carbocycles. The molecule has 16 heavy (non-hydrogen) atoms. The highest BCUT2D eigenvalue weighted by Crippen LogP contribution is 2.56. The van der Waals surface area contributed by atoms with Gasteiger partial charge in [0.15, 0.2) is 11.7 Å². The quantitative estimate of drug-likeness (QED) is 0.376. The molecule has 0 heterocycles. The maximum absolute atomic E-state index is 11.6. The van der Waals surface area contributed by atoms with Gasteiger partial charge in [0.1, 0.15) is 0 Å². The fourth-order valence-corrected chi connectivity index (χ4v) is 1.96. The van der Waals surface area contributed by atoms with E-state index in [1.165, 1.54) is 28.4 Å². The van der Waals surface area contributed by atoms with E-state index in [4.69, 9.17) is 9.47 Å². The molecule has 0 bridgehead atoms. The van der Waals surface area contributed by atoms with E-state index in [2.05, 4.69) is 9.47 Å². The van der Waals surface area contributed by atoms with Crippen molar-refractivity contribution < 1.29 is 28.5 Å². The van der Waals surface area contributed by atoms with E-state index in [0.29, 0.717) is 6.42 Å². The zero-order valence-corrected chi connectivity index (χ0v) is 9.81. The molecule has 1 atom stereocenters. The molecule has 1 unspecified atom stereocenters. The van der Waals surface area contributed by atoms with Crippen LogP contribution in [0.1, 0.15) is 6.42 Å². The van der Waals surface area contributed by atoms with E-state index in [-0.39, 0.29) is 5.92 Å². The summed E-state index contributed by atoms with van der Waals surface area (Å²) in [6.07, 6.45) is -0.295. The van der Waals surface area contributed by atoms with Crippen molar-refractivity contribution in [3.63, 3.8) is 0 Å². The number of ether oxygens (including phenoxy) is 4. The Labute approximate surface area is 93.8 Å². The summed E-state index contributed by atoms with van der Waals surface area (Å²) in [7, 11) is 5.37. The zero-order chi connectivity index (χ0) is 12.3. The van der Waals surface area contributed by atoms with Gasteiger partial charge >= 0.3 is 11.9 Å². The summed E-state index contributed by atoms with van der Waals surface area (Å²) < 4.78 is 19.3. The lowest BCUT2D eigenvalue weighted by Gasteiger charge is -2.17. The monoisotopic (exact) mass is 232 g/mol. The maximum Gasteiger partial charge on any atom is 0.323 e. The van der Waals surface area contributed by atoms with Gasteiger partial charge in [0.2, 0.25) is 0 Å². The lowest BCUT2D eigenvalue weighted by molar-refractivity contribution is -0.169. The lowest BCUT2D eigenvalue weighted by Crippen LogP contribution is -2.34. The molecule has 1 fully saturated rings. The number of esters is 2. The van der Waals surface area contributed by atoms with Gasteiger partial charge in [-0.1, -0.05) is 0 Å². The third kappa shape index (κ3) is 1.78. The molecule has 1 aliphatic carbocycles. The first-order valence-electron chi connectivity index (χ1n) is 4.80. The summed E-state index contributed by atoms with van der Waals surface area (Å²) in [6, 6.07) is 0. The molecule has 0 aliphatic heterocycles. The SMILES string of the molecule is COC(=O)C1(C(=O)OC)CC1C(OC)OC. The number of methoxy groups -OCH3 is 4. The van der Waals surface area contributed by atoms with E-state index in [1.54, 1.807) is 0 Å². The molecular weight excluding hydrogens is 216 g/mol. The minimum Gasteiger partial charge on any atom is -0.468 e. The van der Waals surface area contributed by atoms with Crippen molar-refractivity contribution in [3.05, 3.63) is 0 Å². The van der Waals surface area contributed by atoms with Crippen LogP contribution in [0.25, 0.3) is 0 Å². The molecule has 0 N–H and O–H groups in total. The van der Waals surface area contributed by atoms with Crippen molar-refractivity contribution in [2.75, 3.05) is 28.4 Å². The van der Waals surface area contributed by atoms with E-state index >= 15 is 0 Å². The highest BCUT2D eigenvalue weighted by molar-refractivity contribution is 6.03. The Morgan fingerprint density at radius 3 is 1.81 bits per heavy atom. The van der Waals surface area contributed by atoms with Crippen LogP contribution in [-0.4, -0.2) is 46.7 Å². The third-order valence-corrected chi connectivity index (χ3v) is 2.91. The van der Waals surface area contributed by atoms with E-state index < -0.39 is 23.6 Å². The van der Waals surface area contributed by atoms with Crippen LogP contribution in [0.5, 0.6) is 0 Å². The molecule has 0 radical (unpaired) electrons. The molecule has 1 aliphatic rings. The Morgan fingerprint density at radius 1 is 1.06 bits per heavy atom. The van der Waals surface area contributed by atoms with Gasteiger partial charge in [-0.15, -0.1) is 0 Å². The average Bonchev–Trinajstić information content (AvgIpc) is 3.05. The fourth-order valence-electron chi connectivity index (χ4n) is 1.96. The highest BCUT2D eigenvalue weighted by atomic mass is 16.7. The van der Waals surface area contributed by atoms with Crippen LogP contribution in [0.4, 0.5) is 0 Å². The van der Waals surface area contributed by atoms with Gasteiger partial charge in [-0.05, 0) is 6.42 Å². The summed E-state index contributed by atoms with van der Waals surface area (Å²) >= 11 is 0. The molecule has 1 rings (SSSR count). The Bertz CT molecular complexity index is 267. The fraction of sp³-hybridized carbons (Fsp3) is 0.800. The largest absolute Gasteiger partial charge is 0.468 e. The molecule has 6 nitrogen and oxygen atoms in total. The Kier molecular flexibility index (Phi) is 3.88. The normalized spacial score (nSPS) is 21.7.